The number of carbonyl (C=O) groups excluding carboxylic acids is 1. The van der Waals surface area contributed by atoms with Crippen molar-refractivity contribution in [3.05, 3.63) is 29.8 Å². The number of hydrogen-bond acceptors (Lipinski definition) is 5. The van der Waals surface area contributed by atoms with Crippen LogP contribution in [0, 0.1) is 0 Å². The fourth-order valence-electron chi connectivity index (χ4n) is 1.42. The van der Waals surface area contributed by atoms with Crippen molar-refractivity contribution in [2.45, 2.75) is 18.9 Å². The molecule has 0 aromatic heterocycles. The van der Waals surface area contributed by atoms with E-state index in [-0.39, 0.29) is 12.8 Å². The van der Waals surface area contributed by atoms with E-state index in [1.807, 2.05) is 0 Å². The number of aliphatic carboxylic acids is 1. The number of hydrazone groups is 1. The molecule has 0 saturated heterocycles. The Balaban J connectivity index is 2.58. The summed E-state index contributed by atoms with van der Waals surface area (Å²) in [6, 6.07) is 6.62. The molecule has 0 saturated carbocycles. The number of hydrogen-bond donors (Lipinski definition) is 3. The quantitative estimate of drug-likeness (QED) is 0.287. The number of carboxylic acid groups (broad SMARTS) is 1. The summed E-state index contributed by atoms with van der Waals surface area (Å²) < 4.78 is 0. The van der Waals surface area contributed by atoms with E-state index in [2.05, 4.69) is 10.4 Å². The van der Waals surface area contributed by atoms with Crippen molar-refractivity contribution in [3.63, 3.8) is 0 Å². The lowest BCUT2D eigenvalue weighted by molar-refractivity contribution is -0.137. The van der Waals surface area contributed by atoms with Gasteiger partial charge in [0.05, 0.1) is 12.3 Å². The number of anilines is 1. The van der Waals surface area contributed by atoms with Crippen molar-refractivity contribution >= 4 is 24.2 Å². The summed E-state index contributed by atoms with van der Waals surface area (Å²) in [5.74, 6) is 4.10. The average molecular weight is 249 g/mol. The predicted octanol–water partition coefficient (Wildman–Crippen LogP) is 0.823. The lowest BCUT2D eigenvalue weighted by Crippen LogP contribution is -2.22. The van der Waals surface area contributed by atoms with Crippen LogP contribution in [0.5, 0.6) is 0 Å². The number of nitrogens with one attached hydrogen (secondary N) is 1. The zero-order valence-corrected chi connectivity index (χ0v) is 9.74. The predicted molar refractivity (Wildman–Crippen MR) is 68.6 cm³/mol. The Morgan fingerprint density at radius 2 is 2.11 bits per heavy atom. The van der Waals surface area contributed by atoms with Crippen molar-refractivity contribution in [2.24, 2.45) is 10.9 Å². The second-order valence-electron chi connectivity index (χ2n) is 3.72. The summed E-state index contributed by atoms with van der Waals surface area (Å²) in [5.41, 5.74) is 1.59. The smallest absolute Gasteiger partial charge is 0.303 e. The molecule has 4 N–H and O–H groups in total. The topological polar surface area (TPSA) is 105 Å². The third kappa shape index (κ3) is 4.65. The van der Waals surface area contributed by atoms with Gasteiger partial charge in [-0.25, -0.2) is 0 Å². The highest BCUT2D eigenvalue weighted by molar-refractivity contribution is 5.80. The van der Waals surface area contributed by atoms with Crippen LogP contribution in [-0.4, -0.2) is 29.6 Å². The molecule has 0 fully saturated rings. The minimum absolute atomic E-state index is 0.0473. The average Bonchev–Trinajstić information content (AvgIpc) is 2.36. The van der Waals surface area contributed by atoms with Crippen molar-refractivity contribution < 1.29 is 14.7 Å². The molecule has 0 spiro atoms. The standard InChI is InChI=1S/C12H15N3O3/c13-14-7-9-1-3-10(4-2-9)15-11(8-16)5-6-12(17)18/h1-4,7-8,11,15H,5-6,13H2,(H,17,18). The number of carboxylic acids is 1. The lowest BCUT2D eigenvalue weighted by Gasteiger charge is -2.12. The molecule has 96 valence electrons. The summed E-state index contributed by atoms with van der Waals surface area (Å²) in [4.78, 5) is 21.2. The molecule has 6 heteroatoms. The molecule has 0 heterocycles. The Hall–Kier alpha value is -2.37. The van der Waals surface area contributed by atoms with E-state index in [0.29, 0.717) is 6.29 Å². The Morgan fingerprint density at radius 3 is 2.61 bits per heavy atom. The molecular weight excluding hydrogens is 234 g/mol. The molecule has 6 nitrogen and oxygen atoms in total. The van der Waals surface area contributed by atoms with Gasteiger partial charge < -0.3 is 21.1 Å². The van der Waals surface area contributed by atoms with Gasteiger partial charge in [-0.3, -0.25) is 4.79 Å². The van der Waals surface area contributed by atoms with Crippen LogP contribution in [0.1, 0.15) is 18.4 Å². The molecule has 0 amide bonds. The summed E-state index contributed by atoms with van der Waals surface area (Å²) >= 11 is 0. The van der Waals surface area contributed by atoms with Crippen molar-refractivity contribution in [1.82, 2.24) is 0 Å². The summed E-state index contributed by atoms with van der Waals surface area (Å²) in [5, 5.41) is 14.9. The van der Waals surface area contributed by atoms with Gasteiger partial charge in [-0.1, -0.05) is 12.1 Å². The van der Waals surface area contributed by atoms with Crippen LogP contribution in [-0.2, 0) is 9.59 Å². The number of benzene rings is 1. The van der Waals surface area contributed by atoms with Crippen molar-refractivity contribution in [1.29, 1.82) is 0 Å². The number of carbonyl (C=O) groups is 2. The van der Waals surface area contributed by atoms with Gasteiger partial charge in [-0.15, -0.1) is 0 Å². The SMILES string of the molecule is NN=Cc1ccc(NC(C=O)CCC(=O)O)cc1. The van der Waals surface area contributed by atoms with Gasteiger partial charge >= 0.3 is 5.97 Å². The highest BCUT2D eigenvalue weighted by Gasteiger charge is 2.09. The van der Waals surface area contributed by atoms with Gasteiger partial charge in [0.2, 0.25) is 0 Å². The largest absolute Gasteiger partial charge is 0.481 e. The van der Waals surface area contributed by atoms with E-state index in [1.165, 1.54) is 6.21 Å². The zero-order chi connectivity index (χ0) is 13.4. The number of rotatable bonds is 7. The molecule has 0 aliphatic carbocycles. The summed E-state index contributed by atoms with van der Waals surface area (Å²) in [6.45, 7) is 0. The first-order valence-electron chi connectivity index (χ1n) is 5.42. The zero-order valence-electron chi connectivity index (χ0n) is 9.74. The van der Waals surface area contributed by atoms with Gasteiger partial charge in [0.25, 0.3) is 0 Å². The van der Waals surface area contributed by atoms with Crippen LogP contribution < -0.4 is 11.2 Å². The molecule has 1 rings (SSSR count). The van der Waals surface area contributed by atoms with Crippen LogP contribution >= 0.6 is 0 Å². The number of aldehydes is 1. The Morgan fingerprint density at radius 1 is 1.44 bits per heavy atom. The van der Waals surface area contributed by atoms with Crippen molar-refractivity contribution in [3.8, 4) is 0 Å². The Kier molecular flexibility index (Phi) is 5.37. The van der Waals surface area contributed by atoms with E-state index in [1.54, 1.807) is 24.3 Å². The molecule has 1 unspecified atom stereocenters. The molecule has 1 aromatic carbocycles. The molecule has 0 bridgehead atoms. The fraction of sp³-hybridized carbons (Fsp3) is 0.250. The first-order chi connectivity index (χ1) is 8.65. The van der Waals surface area contributed by atoms with Crippen LogP contribution in [0.2, 0.25) is 0 Å². The lowest BCUT2D eigenvalue weighted by atomic mass is 10.1. The van der Waals surface area contributed by atoms with Crippen molar-refractivity contribution in [2.75, 3.05) is 5.32 Å². The molecule has 0 radical (unpaired) electrons. The van der Waals surface area contributed by atoms with Crippen LogP contribution in [0.15, 0.2) is 29.4 Å². The van der Waals surface area contributed by atoms with Crippen LogP contribution in [0.25, 0.3) is 0 Å². The third-order valence-electron chi connectivity index (χ3n) is 2.32. The maximum atomic E-state index is 10.8. The van der Waals surface area contributed by atoms with Gasteiger partial charge in [-0.05, 0) is 24.1 Å². The van der Waals surface area contributed by atoms with Crippen LogP contribution in [0.4, 0.5) is 5.69 Å². The highest BCUT2D eigenvalue weighted by Crippen LogP contribution is 2.11. The maximum absolute atomic E-state index is 10.8. The minimum Gasteiger partial charge on any atom is -0.481 e. The Bertz CT molecular complexity index is 429. The van der Waals surface area contributed by atoms with Gasteiger partial charge in [-0.2, -0.15) is 5.10 Å². The first kappa shape index (κ1) is 13.7. The third-order valence-corrected chi connectivity index (χ3v) is 2.32. The minimum atomic E-state index is -0.918. The van der Waals surface area contributed by atoms with Gasteiger partial charge in [0.1, 0.15) is 6.29 Å². The molecule has 18 heavy (non-hydrogen) atoms. The monoisotopic (exact) mass is 249 g/mol. The van der Waals surface area contributed by atoms with E-state index in [0.717, 1.165) is 11.3 Å². The normalized spacial score (nSPS) is 12.2. The maximum Gasteiger partial charge on any atom is 0.303 e. The second-order valence-corrected chi connectivity index (χ2v) is 3.72. The molecule has 1 aromatic rings. The number of nitrogens with zero attached hydrogens (tertiary/aromatic N) is 1. The number of nitrogens with two attached hydrogens (primary N) is 1. The fourth-order valence-corrected chi connectivity index (χ4v) is 1.42. The molecule has 1 atom stereocenters. The first-order valence-corrected chi connectivity index (χ1v) is 5.42. The van der Waals surface area contributed by atoms with Gasteiger partial charge in [0, 0.05) is 12.1 Å². The van der Waals surface area contributed by atoms with E-state index >= 15 is 0 Å². The summed E-state index contributed by atoms with van der Waals surface area (Å²) in [7, 11) is 0. The molecular formula is C12H15N3O3. The summed E-state index contributed by atoms with van der Waals surface area (Å²) in [6.07, 6.45) is 2.42. The van der Waals surface area contributed by atoms with E-state index in [9.17, 15) is 9.59 Å². The van der Waals surface area contributed by atoms with Crippen LogP contribution in [0.3, 0.4) is 0 Å². The molecule has 0 aliphatic heterocycles. The second kappa shape index (κ2) is 7.05. The van der Waals surface area contributed by atoms with E-state index in [4.69, 9.17) is 10.9 Å². The van der Waals surface area contributed by atoms with E-state index < -0.39 is 12.0 Å². The highest BCUT2D eigenvalue weighted by atomic mass is 16.4. The Labute approximate surface area is 104 Å². The molecule has 0 aliphatic rings. The van der Waals surface area contributed by atoms with Gasteiger partial charge in [0.15, 0.2) is 0 Å².